The zero-order chi connectivity index (χ0) is 14.1. The summed E-state index contributed by atoms with van der Waals surface area (Å²) in [4.78, 5) is 11.3. The number of nitrogens with one attached hydrogen (secondary N) is 1. The van der Waals surface area contributed by atoms with Gasteiger partial charge in [0.25, 0.3) is 5.91 Å². The number of benzene rings is 2. The molecule has 0 unspecified atom stereocenters. The van der Waals surface area contributed by atoms with E-state index in [1.807, 2.05) is 31.2 Å². The number of aryl methyl sites for hydroxylation is 1. The summed E-state index contributed by atoms with van der Waals surface area (Å²) >= 11 is 0. The highest BCUT2D eigenvalue weighted by Gasteiger charge is 2.18. The highest BCUT2D eigenvalue weighted by molar-refractivity contribution is 5.96. The van der Waals surface area contributed by atoms with E-state index < -0.39 is 0 Å². The number of nitrogen functional groups attached to an aromatic ring is 1. The van der Waals surface area contributed by atoms with Gasteiger partial charge in [-0.05, 0) is 18.6 Å². The number of hydrogen-bond donors (Lipinski definition) is 2. The van der Waals surface area contributed by atoms with Gasteiger partial charge in [0.2, 0.25) is 0 Å². The highest BCUT2D eigenvalue weighted by Crippen LogP contribution is 2.38. The molecule has 102 valence electrons. The Morgan fingerprint density at radius 2 is 2.05 bits per heavy atom. The van der Waals surface area contributed by atoms with E-state index in [0.29, 0.717) is 22.9 Å². The first-order chi connectivity index (χ1) is 9.63. The summed E-state index contributed by atoms with van der Waals surface area (Å²) in [6.07, 6.45) is 0. The molecule has 5 nitrogen and oxygen atoms in total. The lowest BCUT2D eigenvalue weighted by Gasteiger charge is -2.20. The fraction of sp³-hybridized carbons (Fsp3) is 0.133. The molecule has 0 aromatic heterocycles. The van der Waals surface area contributed by atoms with Crippen LogP contribution in [0.25, 0.3) is 0 Å². The van der Waals surface area contributed by atoms with Gasteiger partial charge in [-0.25, -0.2) is 0 Å². The van der Waals surface area contributed by atoms with Gasteiger partial charge in [-0.3, -0.25) is 4.79 Å². The summed E-state index contributed by atoms with van der Waals surface area (Å²) in [5, 5.41) is 2.73. The molecule has 2 aromatic rings. The number of rotatable bonds is 2. The summed E-state index contributed by atoms with van der Waals surface area (Å²) in [5.74, 6) is 1.58. The van der Waals surface area contributed by atoms with Crippen LogP contribution in [0.5, 0.6) is 17.2 Å². The molecule has 2 aromatic carbocycles. The average Bonchev–Trinajstić information content (AvgIpc) is 2.42. The summed E-state index contributed by atoms with van der Waals surface area (Å²) in [6.45, 7) is 1.96. The van der Waals surface area contributed by atoms with Gasteiger partial charge in [-0.15, -0.1) is 0 Å². The summed E-state index contributed by atoms with van der Waals surface area (Å²) in [5.41, 5.74) is 7.99. The molecule has 0 saturated carbocycles. The lowest BCUT2D eigenvalue weighted by molar-refractivity contribution is -0.118. The Labute approximate surface area is 116 Å². The molecule has 1 aliphatic heterocycles. The van der Waals surface area contributed by atoms with Crippen LogP contribution in [-0.2, 0) is 4.79 Å². The minimum Gasteiger partial charge on any atom is -0.481 e. The molecular weight excluding hydrogens is 256 g/mol. The maximum absolute atomic E-state index is 11.3. The lowest BCUT2D eigenvalue weighted by atomic mass is 10.2. The fourth-order valence-corrected chi connectivity index (χ4v) is 2.00. The van der Waals surface area contributed by atoms with Crippen molar-refractivity contribution in [3.63, 3.8) is 0 Å². The molecule has 3 N–H and O–H groups in total. The van der Waals surface area contributed by atoms with Crippen molar-refractivity contribution in [3.05, 3.63) is 42.0 Å². The Bertz CT molecular complexity index is 683. The van der Waals surface area contributed by atoms with Gasteiger partial charge in [-0.2, -0.15) is 0 Å². The van der Waals surface area contributed by atoms with Crippen molar-refractivity contribution in [2.45, 2.75) is 6.92 Å². The van der Waals surface area contributed by atoms with Gasteiger partial charge in [0, 0.05) is 12.1 Å². The van der Waals surface area contributed by atoms with Gasteiger partial charge in [0.1, 0.15) is 11.5 Å². The van der Waals surface area contributed by atoms with Crippen LogP contribution >= 0.6 is 0 Å². The molecule has 0 spiro atoms. The second-order valence-electron chi connectivity index (χ2n) is 4.59. The number of nitrogens with two attached hydrogens (primary N) is 1. The number of carbonyl (C=O) groups excluding carboxylic acids is 1. The van der Waals surface area contributed by atoms with Crippen molar-refractivity contribution < 1.29 is 14.3 Å². The number of carbonyl (C=O) groups is 1. The Kier molecular flexibility index (Phi) is 2.95. The van der Waals surface area contributed by atoms with Gasteiger partial charge >= 0.3 is 0 Å². The van der Waals surface area contributed by atoms with E-state index in [1.165, 1.54) is 0 Å². The number of hydrogen-bond acceptors (Lipinski definition) is 4. The van der Waals surface area contributed by atoms with Crippen LogP contribution in [0.1, 0.15) is 5.56 Å². The Balaban J connectivity index is 1.96. The van der Waals surface area contributed by atoms with E-state index in [4.69, 9.17) is 15.2 Å². The molecule has 20 heavy (non-hydrogen) atoms. The largest absolute Gasteiger partial charge is 0.481 e. The molecule has 1 amide bonds. The summed E-state index contributed by atoms with van der Waals surface area (Å²) in [7, 11) is 0. The smallest absolute Gasteiger partial charge is 0.262 e. The number of para-hydroxylation sites is 1. The molecular formula is C15H14N2O3. The van der Waals surface area contributed by atoms with Crippen molar-refractivity contribution in [2.75, 3.05) is 17.7 Å². The van der Waals surface area contributed by atoms with Crippen LogP contribution in [0.2, 0.25) is 0 Å². The minimum atomic E-state index is -0.191. The first kappa shape index (κ1) is 12.3. The van der Waals surface area contributed by atoms with Crippen molar-refractivity contribution in [2.24, 2.45) is 0 Å². The van der Waals surface area contributed by atoms with Gasteiger partial charge in [0.15, 0.2) is 12.4 Å². The molecule has 0 bridgehead atoms. The highest BCUT2D eigenvalue weighted by atomic mass is 16.5. The van der Waals surface area contributed by atoms with E-state index in [-0.39, 0.29) is 12.5 Å². The fourth-order valence-electron chi connectivity index (χ4n) is 2.00. The third-order valence-corrected chi connectivity index (χ3v) is 3.06. The average molecular weight is 270 g/mol. The van der Waals surface area contributed by atoms with E-state index in [2.05, 4.69) is 5.32 Å². The molecule has 1 aliphatic rings. The maximum Gasteiger partial charge on any atom is 0.262 e. The zero-order valence-electron chi connectivity index (χ0n) is 11.0. The molecule has 0 aliphatic carbocycles. The molecule has 3 rings (SSSR count). The van der Waals surface area contributed by atoms with Crippen LogP contribution in [0.3, 0.4) is 0 Å². The van der Waals surface area contributed by atoms with E-state index in [9.17, 15) is 4.79 Å². The molecule has 0 fully saturated rings. The molecule has 1 heterocycles. The molecule has 0 saturated heterocycles. The van der Waals surface area contributed by atoms with Crippen LogP contribution in [0.4, 0.5) is 11.4 Å². The minimum absolute atomic E-state index is 0.00440. The number of anilines is 2. The predicted molar refractivity (Wildman–Crippen MR) is 76.2 cm³/mol. The standard InChI is InChI=1S/C15H14N2O3/c1-9-4-2-3-5-12(9)20-13-7-11-14(6-10(13)16)19-8-15(18)17-11/h2-7H,8,16H2,1H3,(H,17,18). The van der Waals surface area contributed by atoms with Crippen molar-refractivity contribution >= 4 is 17.3 Å². The van der Waals surface area contributed by atoms with Gasteiger partial charge in [0.05, 0.1) is 11.4 Å². The first-order valence-corrected chi connectivity index (χ1v) is 6.23. The number of ether oxygens (including phenoxy) is 2. The Hall–Kier alpha value is -2.69. The molecule has 5 heteroatoms. The lowest BCUT2D eigenvalue weighted by Crippen LogP contribution is -2.25. The van der Waals surface area contributed by atoms with Crippen molar-refractivity contribution in [1.82, 2.24) is 0 Å². The monoisotopic (exact) mass is 270 g/mol. The van der Waals surface area contributed by atoms with Crippen LogP contribution < -0.4 is 20.5 Å². The SMILES string of the molecule is Cc1ccccc1Oc1cc2c(cc1N)OCC(=O)N2. The summed E-state index contributed by atoms with van der Waals surface area (Å²) in [6, 6.07) is 11.0. The Morgan fingerprint density at radius 3 is 2.85 bits per heavy atom. The Morgan fingerprint density at radius 1 is 1.25 bits per heavy atom. The number of fused-ring (bicyclic) bond motifs is 1. The van der Waals surface area contributed by atoms with Crippen LogP contribution in [0, 0.1) is 6.92 Å². The summed E-state index contributed by atoms with van der Waals surface area (Å²) < 4.78 is 11.1. The van der Waals surface area contributed by atoms with Gasteiger partial charge in [-0.1, -0.05) is 18.2 Å². The second kappa shape index (κ2) is 4.77. The van der Waals surface area contributed by atoms with E-state index in [1.54, 1.807) is 12.1 Å². The maximum atomic E-state index is 11.3. The van der Waals surface area contributed by atoms with Crippen molar-refractivity contribution in [1.29, 1.82) is 0 Å². The second-order valence-corrected chi connectivity index (χ2v) is 4.59. The third kappa shape index (κ3) is 2.25. The van der Waals surface area contributed by atoms with E-state index >= 15 is 0 Å². The first-order valence-electron chi connectivity index (χ1n) is 6.23. The zero-order valence-corrected chi connectivity index (χ0v) is 11.0. The van der Waals surface area contributed by atoms with E-state index in [0.717, 1.165) is 11.3 Å². The molecule has 0 radical (unpaired) electrons. The number of amides is 1. The quantitative estimate of drug-likeness (QED) is 0.823. The third-order valence-electron chi connectivity index (χ3n) is 3.06. The van der Waals surface area contributed by atoms with Crippen molar-refractivity contribution in [3.8, 4) is 17.2 Å². The normalized spacial score (nSPS) is 13.2. The topological polar surface area (TPSA) is 73.6 Å². The van der Waals surface area contributed by atoms with Crippen LogP contribution in [0.15, 0.2) is 36.4 Å². The van der Waals surface area contributed by atoms with Crippen LogP contribution in [-0.4, -0.2) is 12.5 Å². The van der Waals surface area contributed by atoms with Gasteiger partial charge < -0.3 is 20.5 Å². The predicted octanol–water partition coefficient (Wildman–Crippen LogP) is 2.70. The molecule has 0 atom stereocenters.